The zero-order valence-electron chi connectivity index (χ0n) is 7.70. The molecule has 2 nitrogen and oxygen atoms in total. The van der Waals surface area contributed by atoms with Crippen LogP contribution in [0.3, 0.4) is 0 Å². The molecule has 2 aromatic rings. The first-order valence-corrected chi connectivity index (χ1v) is 5.69. The van der Waals surface area contributed by atoms with E-state index in [4.69, 9.17) is 9.15 Å². The quantitative estimate of drug-likeness (QED) is 0.615. The van der Waals surface area contributed by atoms with Crippen LogP contribution in [0.4, 0.5) is 0 Å². The Morgan fingerprint density at radius 2 is 2.21 bits per heavy atom. The van der Waals surface area contributed by atoms with Crippen molar-refractivity contribution in [3.63, 3.8) is 0 Å². The summed E-state index contributed by atoms with van der Waals surface area (Å²) >= 11 is 3.37. The average molecular weight is 255 g/mol. The van der Waals surface area contributed by atoms with Crippen molar-refractivity contribution in [1.29, 1.82) is 0 Å². The lowest BCUT2D eigenvalue weighted by Gasteiger charge is -2.05. The molecule has 0 radical (unpaired) electrons. The van der Waals surface area contributed by atoms with Gasteiger partial charge in [0, 0.05) is 5.33 Å². The van der Waals surface area contributed by atoms with E-state index in [-0.39, 0.29) is 0 Å². The van der Waals surface area contributed by atoms with E-state index in [0.29, 0.717) is 0 Å². The van der Waals surface area contributed by atoms with Crippen molar-refractivity contribution in [3.8, 4) is 5.75 Å². The van der Waals surface area contributed by atoms with Gasteiger partial charge in [0.25, 0.3) is 0 Å². The summed E-state index contributed by atoms with van der Waals surface area (Å²) in [5.41, 5.74) is 0.876. The first-order chi connectivity index (χ1) is 6.92. The topological polar surface area (TPSA) is 22.4 Å². The molecule has 0 saturated heterocycles. The van der Waals surface area contributed by atoms with Crippen molar-refractivity contribution < 1.29 is 9.15 Å². The maximum atomic E-state index is 5.63. The normalized spacial score (nSPS) is 10.6. The minimum absolute atomic E-state index is 0.732. The Morgan fingerprint density at radius 1 is 1.29 bits per heavy atom. The summed E-state index contributed by atoms with van der Waals surface area (Å²) in [4.78, 5) is 0. The van der Waals surface area contributed by atoms with Crippen LogP contribution in [0.15, 0.2) is 34.9 Å². The summed E-state index contributed by atoms with van der Waals surface area (Å²) < 4.78 is 10.9. The molecule has 2 rings (SSSR count). The second kappa shape index (κ2) is 4.51. The molecular weight excluding hydrogens is 244 g/mol. The summed E-state index contributed by atoms with van der Waals surface area (Å²) in [5.74, 6) is 0.900. The monoisotopic (exact) mass is 254 g/mol. The molecule has 1 heterocycles. The zero-order valence-corrected chi connectivity index (χ0v) is 9.29. The van der Waals surface area contributed by atoms with Crippen molar-refractivity contribution in [2.24, 2.45) is 0 Å². The van der Waals surface area contributed by atoms with E-state index in [1.165, 1.54) is 0 Å². The van der Waals surface area contributed by atoms with Gasteiger partial charge in [0.2, 0.25) is 0 Å². The highest BCUT2D eigenvalue weighted by Gasteiger charge is 2.02. The molecule has 0 aliphatic rings. The number of rotatable bonds is 4. The number of hydrogen-bond acceptors (Lipinski definition) is 2. The minimum atomic E-state index is 0.732. The molecule has 0 amide bonds. The van der Waals surface area contributed by atoms with Crippen LogP contribution < -0.4 is 4.74 Å². The van der Waals surface area contributed by atoms with E-state index >= 15 is 0 Å². The van der Waals surface area contributed by atoms with Crippen molar-refractivity contribution in [2.75, 3.05) is 11.9 Å². The van der Waals surface area contributed by atoms with E-state index in [1.54, 1.807) is 6.26 Å². The van der Waals surface area contributed by atoms with Crippen molar-refractivity contribution >= 4 is 26.9 Å². The van der Waals surface area contributed by atoms with E-state index < -0.39 is 0 Å². The molecule has 0 aliphatic heterocycles. The third-order valence-corrected chi connectivity index (χ3v) is 2.55. The van der Waals surface area contributed by atoms with Crippen LogP contribution in [0.5, 0.6) is 5.75 Å². The summed E-state index contributed by atoms with van der Waals surface area (Å²) in [6.45, 7) is 0.732. The summed E-state index contributed by atoms with van der Waals surface area (Å²) in [6.07, 6.45) is 2.69. The van der Waals surface area contributed by atoms with E-state index in [9.17, 15) is 0 Å². The highest BCUT2D eigenvalue weighted by molar-refractivity contribution is 9.09. The molecule has 1 aromatic carbocycles. The largest absolute Gasteiger partial charge is 0.493 e. The number of ether oxygens (including phenoxy) is 1. The fraction of sp³-hybridized carbons (Fsp3) is 0.273. The molecule has 1 aromatic heterocycles. The highest BCUT2D eigenvalue weighted by Crippen LogP contribution is 2.26. The van der Waals surface area contributed by atoms with Gasteiger partial charge in [-0.1, -0.05) is 22.0 Å². The summed E-state index contributed by atoms with van der Waals surface area (Å²) in [6, 6.07) is 7.77. The third kappa shape index (κ3) is 1.93. The van der Waals surface area contributed by atoms with Crippen LogP contribution >= 0.6 is 15.9 Å². The number of hydrogen-bond donors (Lipinski definition) is 0. The van der Waals surface area contributed by atoms with Crippen LogP contribution in [-0.2, 0) is 0 Å². The number of fused-ring (bicyclic) bond motifs is 1. The van der Waals surface area contributed by atoms with Gasteiger partial charge in [-0.15, -0.1) is 0 Å². The number of benzene rings is 1. The standard InChI is InChI=1S/C11H11BrO2/c12-6-2-7-13-10-3-1-4-11-9(10)5-8-14-11/h1,3-5,8H,2,6-7H2. The van der Waals surface area contributed by atoms with Crippen molar-refractivity contribution in [3.05, 3.63) is 30.5 Å². The Bertz CT molecular complexity index is 408. The second-order valence-electron chi connectivity index (χ2n) is 2.98. The molecule has 0 N–H and O–H groups in total. The van der Waals surface area contributed by atoms with Crippen molar-refractivity contribution in [1.82, 2.24) is 0 Å². The van der Waals surface area contributed by atoms with Gasteiger partial charge in [-0.3, -0.25) is 0 Å². The van der Waals surface area contributed by atoms with Gasteiger partial charge in [-0.25, -0.2) is 0 Å². The Morgan fingerprint density at radius 3 is 3.07 bits per heavy atom. The third-order valence-electron chi connectivity index (χ3n) is 1.99. The molecule has 0 fully saturated rings. The van der Waals surface area contributed by atoms with Gasteiger partial charge >= 0.3 is 0 Å². The van der Waals surface area contributed by atoms with E-state index in [2.05, 4.69) is 15.9 Å². The molecule has 74 valence electrons. The maximum absolute atomic E-state index is 5.63. The van der Waals surface area contributed by atoms with E-state index in [0.717, 1.165) is 35.1 Å². The van der Waals surface area contributed by atoms with Gasteiger partial charge in [-0.05, 0) is 24.6 Å². The zero-order chi connectivity index (χ0) is 9.80. The van der Waals surface area contributed by atoms with Gasteiger partial charge < -0.3 is 9.15 Å². The predicted octanol–water partition coefficient (Wildman–Crippen LogP) is 3.60. The lowest BCUT2D eigenvalue weighted by Crippen LogP contribution is -1.97. The fourth-order valence-corrected chi connectivity index (χ4v) is 1.56. The minimum Gasteiger partial charge on any atom is -0.493 e. The molecule has 0 saturated carbocycles. The number of alkyl halides is 1. The van der Waals surface area contributed by atoms with Crippen molar-refractivity contribution in [2.45, 2.75) is 6.42 Å². The lowest BCUT2D eigenvalue weighted by atomic mass is 10.2. The van der Waals surface area contributed by atoms with Crippen LogP contribution in [-0.4, -0.2) is 11.9 Å². The number of halogens is 1. The predicted molar refractivity (Wildman–Crippen MR) is 60.1 cm³/mol. The first-order valence-electron chi connectivity index (χ1n) is 4.57. The van der Waals surface area contributed by atoms with Gasteiger partial charge in [0.05, 0.1) is 18.3 Å². The SMILES string of the molecule is BrCCCOc1cccc2occc12. The van der Waals surface area contributed by atoms with Crippen LogP contribution in [0.2, 0.25) is 0 Å². The molecule has 14 heavy (non-hydrogen) atoms. The molecule has 0 spiro atoms. The Kier molecular flexibility index (Phi) is 3.09. The Hall–Kier alpha value is -0.960. The molecule has 0 atom stereocenters. The summed E-state index contributed by atoms with van der Waals surface area (Å²) in [7, 11) is 0. The molecule has 0 bridgehead atoms. The first kappa shape index (κ1) is 9.59. The van der Waals surface area contributed by atoms with Crippen LogP contribution in [0, 0.1) is 0 Å². The maximum Gasteiger partial charge on any atom is 0.137 e. The Labute approximate surface area is 91.0 Å². The van der Waals surface area contributed by atoms with Gasteiger partial charge in [0.1, 0.15) is 11.3 Å². The lowest BCUT2D eigenvalue weighted by molar-refractivity contribution is 0.323. The van der Waals surface area contributed by atoms with E-state index in [1.807, 2.05) is 24.3 Å². The average Bonchev–Trinajstić information content (AvgIpc) is 2.67. The van der Waals surface area contributed by atoms with Gasteiger partial charge in [0.15, 0.2) is 0 Å². The van der Waals surface area contributed by atoms with Crippen LogP contribution in [0.1, 0.15) is 6.42 Å². The fourth-order valence-electron chi connectivity index (χ4n) is 1.33. The second-order valence-corrected chi connectivity index (χ2v) is 3.77. The molecule has 0 unspecified atom stereocenters. The number of furan rings is 1. The highest BCUT2D eigenvalue weighted by atomic mass is 79.9. The molecular formula is C11H11BrO2. The smallest absolute Gasteiger partial charge is 0.137 e. The molecule has 0 aliphatic carbocycles. The van der Waals surface area contributed by atoms with Gasteiger partial charge in [-0.2, -0.15) is 0 Å². The summed E-state index contributed by atoms with van der Waals surface area (Å²) in [5, 5.41) is 2.01. The van der Waals surface area contributed by atoms with Crippen LogP contribution in [0.25, 0.3) is 11.0 Å². The molecule has 3 heteroatoms. The Balaban J connectivity index is 2.19.